The first-order valence-corrected chi connectivity index (χ1v) is 9.52. The molecule has 1 aromatic heterocycles. The van der Waals surface area contributed by atoms with Gasteiger partial charge in [0.15, 0.2) is 0 Å². The van der Waals surface area contributed by atoms with Gasteiger partial charge in [-0.25, -0.2) is 4.39 Å². The number of hydrogen-bond donors (Lipinski definition) is 1. The lowest BCUT2D eigenvalue weighted by Gasteiger charge is -2.17. The lowest BCUT2D eigenvalue weighted by Crippen LogP contribution is -2.25. The van der Waals surface area contributed by atoms with Crippen LogP contribution >= 0.6 is 0 Å². The zero-order chi connectivity index (χ0) is 20.4. The van der Waals surface area contributed by atoms with Crippen LogP contribution in [-0.4, -0.2) is 24.1 Å². The van der Waals surface area contributed by atoms with Gasteiger partial charge in [-0.2, -0.15) is 0 Å². The average molecular weight is 399 g/mol. The van der Waals surface area contributed by atoms with Gasteiger partial charge in [0, 0.05) is 35.5 Å². The Morgan fingerprint density at radius 3 is 2.83 bits per heavy atom. The minimum Gasteiger partial charge on any atom is -0.464 e. The number of benzene rings is 2. The fourth-order valence-electron chi connectivity index (χ4n) is 4.45. The summed E-state index contributed by atoms with van der Waals surface area (Å²) in [7, 11) is 0. The minimum atomic E-state index is -0.598. The summed E-state index contributed by atoms with van der Waals surface area (Å²) in [5.41, 5.74) is 4.04. The second-order valence-corrected chi connectivity index (χ2v) is 7.36. The highest BCUT2D eigenvalue weighted by atomic mass is 19.1. The van der Waals surface area contributed by atoms with Gasteiger partial charge < -0.3 is 9.32 Å². The van der Waals surface area contributed by atoms with Crippen LogP contribution in [0, 0.1) is 5.82 Å². The van der Waals surface area contributed by atoms with E-state index in [-0.39, 0.29) is 16.7 Å². The molecule has 0 unspecified atom stereocenters. The molecule has 0 saturated heterocycles. The number of halogens is 1. The fourth-order valence-corrected chi connectivity index (χ4v) is 4.45. The van der Waals surface area contributed by atoms with Gasteiger partial charge in [-0.05, 0) is 30.2 Å². The van der Waals surface area contributed by atoms with Crippen LogP contribution in [0.15, 0.2) is 70.0 Å². The quantitative estimate of drug-likeness (QED) is 0.671. The first kappa shape index (κ1) is 16.9. The molecule has 3 aromatic rings. The molecule has 0 fully saturated rings. The van der Waals surface area contributed by atoms with E-state index in [4.69, 9.17) is 4.42 Å². The van der Waals surface area contributed by atoms with Crippen molar-refractivity contribution in [3.8, 4) is 0 Å². The second kappa shape index (κ2) is 6.00. The third-order valence-corrected chi connectivity index (χ3v) is 5.69. The van der Waals surface area contributed by atoms with E-state index in [1.54, 1.807) is 12.3 Å². The number of carbonyl (C=O) groups is 2. The second-order valence-electron chi connectivity index (χ2n) is 7.36. The van der Waals surface area contributed by atoms with Crippen molar-refractivity contribution in [1.82, 2.24) is 5.32 Å². The Morgan fingerprint density at radius 2 is 1.93 bits per heavy atom. The minimum absolute atomic E-state index is 0.0654. The van der Waals surface area contributed by atoms with E-state index in [0.29, 0.717) is 16.7 Å². The van der Waals surface area contributed by atoms with Crippen LogP contribution in [0.4, 0.5) is 10.1 Å². The normalized spacial score (nSPS) is 17.5. The highest BCUT2D eigenvalue weighted by molar-refractivity contribution is 6.48. The van der Waals surface area contributed by atoms with E-state index in [1.165, 1.54) is 18.4 Å². The van der Waals surface area contributed by atoms with Crippen LogP contribution in [0.1, 0.15) is 16.7 Å². The SMILES string of the molecule is O=C1NC(=O)C(c2cc(F)cc3ccoc23)=C1C1=NC=CN2CCc3cccc1c32. The molecule has 3 aliphatic rings. The maximum absolute atomic E-state index is 14.3. The largest absolute Gasteiger partial charge is 0.464 e. The number of nitrogens with one attached hydrogen (secondary N) is 1. The summed E-state index contributed by atoms with van der Waals surface area (Å²) in [5, 5.41) is 2.86. The molecule has 4 heterocycles. The monoisotopic (exact) mass is 399 g/mol. The zero-order valence-electron chi connectivity index (χ0n) is 15.6. The van der Waals surface area contributed by atoms with Crippen LogP contribution in [0.5, 0.6) is 0 Å². The van der Waals surface area contributed by atoms with E-state index in [1.807, 2.05) is 24.4 Å². The molecule has 6 nitrogen and oxygen atoms in total. The molecule has 0 radical (unpaired) electrons. The molecule has 2 amide bonds. The van der Waals surface area contributed by atoms with Crippen molar-refractivity contribution >= 4 is 39.8 Å². The van der Waals surface area contributed by atoms with E-state index < -0.39 is 17.6 Å². The number of nitrogens with zero attached hydrogens (tertiary/aromatic N) is 2. The molecule has 146 valence electrons. The number of hydrogen-bond acceptors (Lipinski definition) is 5. The van der Waals surface area contributed by atoms with Gasteiger partial charge in [0.2, 0.25) is 0 Å². The van der Waals surface area contributed by atoms with Crippen molar-refractivity contribution in [2.45, 2.75) is 6.42 Å². The van der Waals surface area contributed by atoms with Gasteiger partial charge in [-0.1, -0.05) is 18.2 Å². The highest BCUT2D eigenvalue weighted by Gasteiger charge is 2.38. The molecular weight excluding hydrogens is 385 g/mol. The molecule has 0 atom stereocenters. The summed E-state index contributed by atoms with van der Waals surface area (Å²) in [4.78, 5) is 32.3. The van der Waals surface area contributed by atoms with Gasteiger partial charge in [0.1, 0.15) is 11.4 Å². The first-order valence-electron chi connectivity index (χ1n) is 9.52. The number of amides is 2. The molecular formula is C23H14FN3O3. The van der Waals surface area contributed by atoms with E-state index in [9.17, 15) is 14.0 Å². The molecule has 0 aliphatic carbocycles. The highest BCUT2D eigenvalue weighted by Crippen LogP contribution is 2.38. The van der Waals surface area contributed by atoms with Crippen molar-refractivity contribution in [1.29, 1.82) is 0 Å². The number of anilines is 1. The van der Waals surface area contributed by atoms with Crippen LogP contribution in [0.25, 0.3) is 16.5 Å². The Bertz CT molecular complexity index is 1380. The van der Waals surface area contributed by atoms with E-state index in [2.05, 4.69) is 15.2 Å². The topological polar surface area (TPSA) is 74.9 Å². The number of aliphatic imine (C=N–C) groups is 1. The molecule has 30 heavy (non-hydrogen) atoms. The standard InChI is InChI=1S/C23H14FN3O3/c24-14-10-13-5-9-30-21(13)16(11-14)17-18(23(29)26-22(17)28)19-15-3-1-2-12-4-7-27(20(12)15)8-6-25-19/h1-3,5-6,8-11H,4,7H2,(H,26,28,29). The first-order chi connectivity index (χ1) is 14.6. The van der Waals surface area contributed by atoms with Crippen LogP contribution in [-0.2, 0) is 16.0 Å². The van der Waals surface area contributed by atoms with Gasteiger partial charge in [-0.3, -0.25) is 19.9 Å². The number of furan rings is 1. The molecule has 6 rings (SSSR count). The Balaban J connectivity index is 1.66. The predicted molar refractivity (Wildman–Crippen MR) is 109 cm³/mol. The van der Waals surface area contributed by atoms with Gasteiger partial charge in [0.25, 0.3) is 11.8 Å². The molecule has 0 saturated carbocycles. The smallest absolute Gasteiger partial charge is 0.261 e. The van der Waals surface area contributed by atoms with Crippen molar-refractivity contribution in [2.24, 2.45) is 4.99 Å². The average Bonchev–Trinajstić information content (AvgIpc) is 3.39. The van der Waals surface area contributed by atoms with E-state index >= 15 is 0 Å². The summed E-state index contributed by atoms with van der Waals surface area (Å²) in [6.07, 6.45) is 5.80. The van der Waals surface area contributed by atoms with Gasteiger partial charge in [-0.15, -0.1) is 0 Å². The summed E-state index contributed by atoms with van der Waals surface area (Å²) in [6, 6.07) is 10.0. The van der Waals surface area contributed by atoms with Crippen molar-refractivity contribution < 1.29 is 18.4 Å². The van der Waals surface area contributed by atoms with Crippen molar-refractivity contribution in [3.63, 3.8) is 0 Å². The Kier molecular flexibility index (Phi) is 3.38. The van der Waals surface area contributed by atoms with Gasteiger partial charge in [0.05, 0.1) is 28.8 Å². The summed E-state index contributed by atoms with van der Waals surface area (Å²) >= 11 is 0. The number of fused-ring (bicyclic) bond motifs is 1. The van der Waals surface area contributed by atoms with Crippen molar-refractivity contribution in [3.05, 3.63) is 83.1 Å². The van der Waals surface area contributed by atoms with Crippen LogP contribution < -0.4 is 10.2 Å². The molecule has 3 aliphatic heterocycles. The zero-order valence-corrected chi connectivity index (χ0v) is 15.6. The molecule has 0 bridgehead atoms. The Hall–Kier alpha value is -4.00. The van der Waals surface area contributed by atoms with Crippen molar-refractivity contribution in [2.75, 3.05) is 11.4 Å². The van der Waals surface area contributed by atoms with Crippen LogP contribution in [0.2, 0.25) is 0 Å². The molecule has 0 spiro atoms. The summed E-state index contributed by atoms with van der Waals surface area (Å²) in [6.45, 7) is 0.819. The molecule has 7 heteroatoms. The fraction of sp³-hybridized carbons (Fsp3) is 0.0870. The lowest BCUT2D eigenvalue weighted by atomic mass is 9.92. The number of para-hydroxylation sites is 1. The van der Waals surface area contributed by atoms with Crippen LogP contribution in [0.3, 0.4) is 0 Å². The maximum atomic E-state index is 14.3. The number of rotatable bonds is 2. The van der Waals surface area contributed by atoms with E-state index in [0.717, 1.165) is 29.8 Å². The third-order valence-electron chi connectivity index (χ3n) is 5.69. The molecule has 2 aromatic carbocycles. The summed E-state index contributed by atoms with van der Waals surface area (Å²) in [5.74, 6) is -1.68. The lowest BCUT2D eigenvalue weighted by molar-refractivity contribution is -0.123. The molecule has 1 N–H and O–H groups in total. The Labute approximate surface area is 170 Å². The number of carbonyl (C=O) groups excluding carboxylic acids is 2. The maximum Gasteiger partial charge on any atom is 0.261 e. The Morgan fingerprint density at radius 1 is 1.07 bits per heavy atom. The van der Waals surface area contributed by atoms with Gasteiger partial charge >= 0.3 is 0 Å². The number of imide groups is 1. The summed E-state index contributed by atoms with van der Waals surface area (Å²) < 4.78 is 19.8. The third kappa shape index (κ3) is 2.26. The predicted octanol–water partition coefficient (Wildman–Crippen LogP) is 3.32.